The number of hydrogen-bond donors (Lipinski definition) is 1. The topological polar surface area (TPSA) is 72.6 Å². The molecule has 0 fully saturated rings. The van der Waals surface area contributed by atoms with Crippen molar-refractivity contribution < 1.29 is 27.9 Å². The lowest BCUT2D eigenvalue weighted by Crippen LogP contribution is -2.12. The molecule has 1 N–H and O–H groups in total. The number of non-ortho nitro benzene ring substituents is 1. The molecule has 5 nitrogen and oxygen atoms in total. The number of nitro benzene ring substituents is 1. The molecule has 0 heterocycles. The van der Waals surface area contributed by atoms with Gasteiger partial charge in [0.2, 0.25) is 0 Å². The maximum absolute atomic E-state index is 13.0. The Morgan fingerprint density at radius 1 is 1.13 bits per heavy atom. The minimum atomic E-state index is -4.73. The summed E-state index contributed by atoms with van der Waals surface area (Å²) in [6.45, 7) is -0.744. The second-order valence-corrected chi connectivity index (χ2v) is 4.65. The van der Waals surface area contributed by atoms with Gasteiger partial charge in [0.05, 0.1) is 17.1 Å². The minimum Gasteiger partial charge on any atom is -0.489 e. The van der Waals surface area contributed by atoms with Gasteiger partial charge in [0, 0.05) is 23.3 Å². The first-order valence-electron chi connectivity index (χ1n) is 6.49. The van der Waals surface area contributed by atoms with Crippen molar-refractivity contribution in [2.24, 2.45) is 0 Å². The third kappa shape index (κ3) is 3.98. The average Bonchev–Trinajstić information content (AvgIpc) is 2.52. The molecule has 2 aromatic rings. The van der Waals surface area contributed by atoms with Gasteiger partial charge >= 0.3 is 6.18 Å². The number of para-hydroxylation sites is 1. The first-order valence-corrected chi connectivity index (χ1v) is 6.49. The summed E-state index contributed by atoms with van der Waals surface area (Å²) in [4.78, 5) is 9.75. The van der Waals surface area contributed by atoms with Gasteiger partial charge < -0.3 is 9.84 Å². The molecular formula is C15H12F3NO4. The second kappa shape index (κ2) is 6.66. The molecule has 0 spiro atoms. The largest absolute Gasteiger partial charge is 0.489 e. The van der Waals surface area contributed by atoms with Crippen LogP contribution in [0.25, 0.3) is 0 Å². The maximum atomic E-state index is 13.0. The van der Waals surface area contributed by atoms with E-state index in [1.165, 1.54) is 6.07 Å². The van der Waals surface area contributed by atoms with Gasteiger partial charge in [0.15, 0.2) is 0 Å². The Morgan fingerprint density at radius 3 is 2.43 bits per heavy atom. The highest BCUT2D eigenvalue weighted by Crippen LogP contribution is 2.35. The fourth-order valence-electron chi connectivity index (χ4n) is 2.00. The highest BCUT2D eigenvalue weighted by atomic mass is 19.4. The number of halogens is 3. The van der Waals surface area contributed by atoms with Crippen LogP contribution in [0.5, 0.6) is 5.75 Å². The normalized spacial score (nSPS) is 11.3. The Balaban J connectivity index is 2.30. The molecule has 0 saturated carbocycles. The van der Waals surface area contributed by atoms with E-state index in [1.54, 1.807) is 18.2 Å². The van der Waals surface area contributed by atoms with Crippen LogP contribution in [-0.2, 0) is 19.4 Å². The molecule has 0 radical (unpaired) electrons. The van der Waals surface area contributed by atoms with Crippen molar-refractivity contribution in [2.75, 3.05) is 0 Å². The van der Waals surface area contributed by atoms with E-state index in [0.29, 0.717) is 11.6 Å². The van der Waals surface area contributed by atoms with Crippen molar-refractivity contribution >= 4 is 5.69 Å². The van der Waals surface area contributed by atoms with Gasteiger partial charge in [-0.25, -0.2) is 0 Å². The van der Waals surface area contributed by atoms with Gasteiger partial charge in [-0.1, -0.05) is 18.2 Å². The van der Waals surface area contributed by atoms with Crippen LogP contribution in [0.1, 0.15) is 16.7 Å². The molecule has 0 aliphatic carbocycles. The molecule has 2 rings (SSSR count). The SMILES string of the molecule is O=[N+]([O-])c1ccc(COc2ccccc2CO)c(C(F)(F)F)c1. The maximum Gasteiger partial charge on any atom is 0.417 e. The zero-order chi connectivity index (χ0) is 17.0. The molecule has 0 aliphatic rings. The van der Waals surface area contributed by atoms with Crippen LogP contribution in [0.3, 0.4) is 0 Å². The summed E-state index contributed by atoms with van der Waals surface area (Å²) in [5.74, 6) is 0.251. The molecular weight excluding hydrogens is 315 g/mol. The molecule has 8 heteroatoms. The number of ether oxygens (including phenoxy) is 1. The lowest BCUT2D eigenvalue weighted by molar-refractivity contribution is -0.385. The summed E-state index contributed by atoms with van der Waals surface area (Å²) in [5, 5.41) is 19.8. The van der Waals surface area contributed by atoms with Crippen LogP contribution in [0, 0.1) is 10.1 Å². The van der Waals surface area contributed by atoms with Crippen molar-refractivity contribution in [2.45, 2.75) is 19.4 Å². The van der Waals surface area contributed by atoms with Crippen molar-refractivity contribution in [3.8, 4) is 5.75 Å². The van der Waals surface area contributed by atoms with Crippen molar-refractivity contribution in [3.63, 3.8) is 0 Å². The molecule has 0 saturated heterocycles. The van der Waals surface area contributed by atoms with Gasteiger partial charge in [0.1, 0.15) is 12.4 Å². The number of aliphatic hydroxyl groups excluding tert-OH is 1. The van der Waals surface area contributed by atoms with E-state index in [2.05, 4.69) is 0 Å². The first-order chi connectivity index (χ1) is 10.8. The fraction of sp³-hybridized carbons (Fsp3) is 0.200. The van der Waals surface area contributed by atoms with Gasteiger partial charge in [-0.05, 0) is 12.1 Å². The molecule has 0 aromatic heterocycles. The molecule has 0 unspecified atom stereocenters. The molecule has 0 aliphatic heterocycles. The molecule has 0 amide bonds. The lowest BCUT2D eigenvalue weighted by atomic mass is 10.1. The molecule has 0 bridgehead atoms. The van der Waals surface area contributed by atoms with Crippen LogP contribution in [0.2, 0.25) is 0 Å². The monoisotopic (exact) mass is 327 g/mol. The first kappa shape index (κ1) is 16.8. The fourth-order valence-corrected chi connectivity index (χ4v) is 2.00. The van der Waals surface area contributed by atoms with Crippen molar-refractivity contribution in [3.05, 3.63) is 69.3 Å². The van der Waals surface area contributed by atoms with Gasteiger partial charge in [-0.2, -0.15) is 13.2 Å². The van der Waals surface area contributed by atoms with E-state index < -0.39 is 29.0 Å². The number of nitro groups is 1. The van der Waals surface area contributed by atoms with Gasteiger partial charge in [0.25, 0.3) is 5.69 Å². The Hall–Kier alpha value is -2.61. The number of aliphatic hydroxyl groups is 1. The molecule has 2 aromatic carbocycles. The quantitative estimate of drug-likeness (QED) is 0.671. The Bertz CT molecular complexity index is 716. The average molecular weight is 327 g/mol. The third-order valence-corrected chi connectivity index (χ3v) is 3.14. The van der Waals surface area contributed by atoms with Crippen LogP contribution < -0.4 is 4.74 Å². The minimum absolute atomic E-state index is 0.226. The summed E-state index contributed by atoms with van der Waals surface area (Å²) in [7, 11) is 0. The number of nitrogens with zero attached hydrogens (tertiary/aromatic N) is 1. The van der Waals surface area contributed by atoms with E-state index in [-0.39, 0.29) is 17.9 Å². The molecule has 0 atom stereocenters. The third-order valence-electron chi connectivity index (χ3n) is 3.14. The van der Waals surface area contributed by atoms with E-state index in [1.807, 2.05) is 0 Å². The van der Waals surface area contributed by atoms with Crippen LogP contribution in [0.15, 0.2) is 42.5 Å². The summed E-state index contributed by atoms with van der Waals surface area (Å²) in [5.41, 5.74) is -1.55. The second-order valence-electron chi connectivity index (χ2n) is 4.65. The summed E-state index contributed by atoms with van der Waals surface area (Å²) in [6, 6.07) is 8.87. The Morgan fingerprint density at radius 2 is 1.83 bits per heavy atom. The van der Waals surface area contributed by atoms with E-state index in [4.69, 9.17) is 9.84 Å². The number of benzene rings is 2. The predicted octanol–water partition coefficient (Wildman–Crippen LogP) is 3.68. The number of alkyl halides is 3. The zero-order valence-corrected chi connectivity index (χ0v) is 11.7. The van der Waals surface area contributed by atoms with Crippen molar-refractivity contribution in [1.29, 1.82) is 0 Å². The van der Waals surface area contributed by atoms with Gasteiger partial charge in [-0.3, -0.25) is 10.1 Å². The smallest absolute Gasteiger partial charge is 0.417 e. The molecule has 122 valence electrons. The number of rotatable bonds is 5. The standard InChI is InChI=1S/C15H12F3NO4/c16-15(17,18)13-7-12(19(21)22)6-5-11(13)9-23-14-4-2-1-3-10(14)8-20/h1-7,20H,8-9H2. The van der Waals surface area contributed by atoms with Crippen LogP contribution >= 0.6 is 0 Å². The highest BCUT2D eigenvalue weighted by molar-refractivity contribution is 5.42. The zero-order valence-electron chi connectivity index (χ0n) is 11.7. The number of hydrogen-bond acceptors (Lipinski definition) is 4. The van der Waals surface area contributed by atoms with Gasteiger partial charge in [-0.15, -0.1) is 0 Å². The molecule has 23 heavy (non-hydrogen) atoms. The summed E-state index contributed by atoms with van der Waals surface area (Å²) >= 11 is 0. The predicted molar refractivity (Wildman–Crippen MR) is 74.8 cm³/mol. The Kier molecular flexibility index (Phi) is 4.85. The van der Waals surface area contributed by atoms with E-state index in [9.17, 15) is 23.3 Å². The van der Waals surface area contributed by atoms with E-state index in [0.717, 1.165) is 12.1 Å². The van der Waals surface area contributed by atoms with Crippen molar-refractivity contribution in [1.82, 2.24) is 0 Å². The summed E-state index contributed by atoms with van der Waals surface area (Å²) < 4.78 is 44.5. The summed E-state index contributed by atoms with van der Waals surface area (Å²) in [6.07, 6.45) is -4.73. The highest BCUT2D eigenvalue weighted by Gasteiger charge is 2.35. The van der Waals surface area contributed by atoms with Crippen LogP contribution in [0.4, 0.5) is 18.9 Å². The Labute approximate surface area is 129 Å². The lowest BCUT2D eigenvalue weighted by Gasteiger charge is -2.14. The van der Waals surface area contributed by atoms with Crippen LogP contribution in [-0.4, -0.2) is 10.0 Å². The van der Waals surface area contributed by atoms with E-state index >= 15 is 0 Å².